The number of hydrogen-bond acceptors (Lipinski definition) is 5. The number of benzene rings is 2. The quantitative estimate of drug-likeness (QED) is 0.494. The highest BCUT2D eigenvalue weighted by molar-refractivity contribution is 7.09. The van der Waals surface area contributed by atoms with Crippen LogP contribution in [0.5, 0.6) is 0 Å². The molecule has 0 radical (unpaired) electrons. The highest BCUT2D eigenvalue weighted by Gasteiger charge is 2.06. The molecule has 0 aliphatic carbocycles. The number of carbonyl (C=O) groups is 1. The molecule has 2 heterocycles. The maximum atomic E-state index is 10.9. The van der Waals surface area contributed by atoms with Gasteiger partial charge in [0.2, 0.25) is 0 Å². The molecule has 0 aliphatic heterocycles. The molecule has 0 unspecified atom stereocenters. The van der Waals surface area contributed by atoms with Crippen molar-refractivity contribution in [3.63, 3.8) is 0 Å². The van der Waals surface area contributed by atoms with Crippen molar-refractivity contribution in [3.05, 3.63) is 76.5 Å². The van der Waals surface area contributed by atoms with Crippen LogP contribution in [0, 0.1) is 0 Å². The topological polar surface area (TPSA) is 57.0 Å². The summed E-state index contributed by atoms with van der Waals surface area (Å²) < 4.78 is 7.75. The second kappa shape index (κ2) is 6.96. The molecular weight excluding hydrogens is 334 g/mol. The van der Waals surface area contributed by atoms with Crippen LogP contribution in [-0.2, 0) is 18.0 Å². The van der Waals surface area contributed by atoms with E-state index in [1.54, 1.807) is 36.0 Å². The first-order chi connectivity index (χ1) is 12.3. The molecule has 0 amide bonds. The molecule has 5 nitrogen and oxygen atoms in total. The van der Waals surface area contributed by atoms with Crippen molar-refractivity contribution in [2.24, 2.45) is 0 Å². The van der Waals surface area contributed by atoms with Gasteiger partial charge in [0, 0.05) is 22.8 Å². The zero-order chi connectivity index (χ0) is 17.1. The van der Waals surface area contributed by atoms with Gasteiger partial charge >= 0.3 is 0 Å². The summed E-state index contributed by atoms with van der Waals surface area (Å²) >= 11 is 1.59. The molecule has 0 atom stereocenters. The fraction of sp³-hybridized carbons (Fsp3) is 0.105. The Balaban J connectivity index is 1.55. The number of ether oxygens (including phenoxy) is 1. The average Bonchev–Trinajstić information content (AvgIpc) is 3.31. The third kappa shape index (κ3) is 3.35. The van der Waals surface area contributed by atoms with Gasteiger partial charge in [0.15, 0.2) is 0 Å². The van der Waals surface area contributed by atoms with Crippen LogP contribution < -0.4 is 0 Å². The number of carbonyl (C=O) groups excluding carboxylic acids is 1. The average molecular weight is 349 g/mol. The van der Waals surface area contributed by atoms with Gasteiger partial charge in [-0.05, 0) is 35.9 Å². The lowest BCUT2D eigenvalue weighted by molar-refractivity contribution is 0.107. The lowest BCUT2D eigenvalue weighted by atomic mass is 10.2. The zero-order valence-corrected chi connectivity index (χ0v) is 14.1. The van der Waals surface area contributed by atoms with E-state index >= 15 is 0 Å². The molecule has 6 heteroatoms. The number of thiazole rings is 1. The van der Waals surface area contributed by atoms with Gasteiger partial charge in [0.1, 0.15) is 17.6 Å². The van der Waals surface area contributed by atoms with Gasteiger partial charge in [0.05, 0.1) is 24.2 Å². The van der Waals surface area contributed by atoms with Gasteiger partial charge in [-0.1, -0.05) is 12.1 Å². The SMILES string of the molecule is O=Cc1ccc2c(c1)ncn2-c1cccc(COCc2nccs2)c1. The second-order valence-electron chi connectivity index (χ2n) is 5.57. The maximum Gasteiger partial charge on any atom is 0.150 e. The predicted molar refractivity (Wildman–Crippen MR) is 97.1 cm³/mol. The number of aldehydes is 1. The minimum Gasteiger partial charge on any atom is -0.370 e. The van der Waals surface area contributed by atoms with Gasteiger partial charge in [-0.25, -0.2) is 9.97 Å². The summed E-state index contributed by atoms with van der Waals surface area (Å²) in [4.78, 5) is 19.5. The van der Waals surface area contributed by atoms with Crippen LogP contribution in [0.4, 0.5) is 0 Å². The van der Waals surface area contributed by atoms with Gasteiger partial charge in [-0.15, -0.1) is 11.3 Å². The van der Waals surface area contributed by atoms with E-state index in [1.165, 1.54) is 0 Å². The molecule has 0 bridgehead atoms. The summed E-state index contributed by atoms with van der Waals surface area (Å²) in [5, 5.41) is 2.92. The van der Waals surface area contributed by atoms with Crippen LogP contribution in [0.1, 0.15) is 20.9 Å². The lowest BCUT2D eigenvalue weighted by Crippen LogP contribution is -1.97. The first-order valence-electron chi connectivity index (χ1n) is 7.81. The molecule has 2 aromatic carbocycles. The Morgan fingerprint density at radius 1 is 1.12 bits per heavy atom. The fourth-order valence-corrected chi connectivity index (χ4v) is 3.24. The Morgan fingerprint density at radius 2 is 2.08 bits per heavy atom. The molecule has 25 heavy (non-hydrogen) atoms. The van der Waals surface area contributed by atoms with E-state index in [-0.39, 0.29) is 0 Å². The Labute approximate surface area is 148 Å². The van der Waals surface area contributed by atoms with Crippen LogP contribution in [0.25, 0.3) is 16.7 Å². The summed E-state index contributed by atoms with van der Waals surface area (Å²) in [6.45, 7) is 1.04. The molecule has 0 N–H and O–H groups in total. The largest absolute Gasteiger partial charge is 0.370 e. The molecular formula is C19H15N3O2S. The summed E-state index contributed by atoms with van der Waals surface area (Å²) in [6.07, 6.45) is 4.39. The van der Waals surface area contributed by atoms with E-state index in [0.717, 1.165) is 33.6 Å². The van der Waals surface area contributed by atoms with Gasteiger partial charge in [-0.2, -0.15) is 0 Å². The lowest BCUT2D eigenvalue weighted by Gasteiger charge is -2.08. The van der Waals surface area contributed by atoms with Crippen molar-refractivity contribution in [1.82, 2.24) is 14.5 Å². The summed E-state index contributed by atoms with van der Waals surface area (Å²) in [6, 6.07) is 13.7. The number of imidazole rings is 1. The standard InChI is InChI=1S/C19H15N3O2S/c23-10-14-4-5-18-17(9-14)21-13-22(18)16-3-1-2-15(8-16)11-24-12-19-20-6-7-25-19/h1-10,13H,11-12H2. The van der Waals surface area contributed by atoms with E-state index < -0.39 is 0 Å². The Hall–Kier alpha value is -2.83. The molecule has 124 valence electrons. The van der Waals surface area contributed by atoms with Crippen molar-refractivity contribution in [2.45, 2.75) is 13.2 Å². The van der Waals surface area contributed by atoms with E-state index in [4.69, 9.17) is 4.74 Å². The molecule has 0 spiro atoms. The maximum absolute atomic E-state index is 10.9. The summed E-state index contributed by atoms with van der Waals surface area (Å²) in [5.74, 6) is 0. The minimum absolute atomic E-state index is 0.518. The number of aromatic nitrogens is 3. The van der Waals surface area contributed by atoms with Gasteiger partial charge in [0.25, 0.3) is 0 Å². The summed E-state index contributed by atoms with van der Waals surface area (Å²) in [5.41, 5.74) is 4.49. The smallest absolute Gasteiger partial charge is 0.150 e. The van der Waals surface area contributed by atoms with Crippen LogP contribution in [0.15, 0.2) is 60.4 Å². The molecule has 4 rings (SSSR count). The molecule has 0 aliphatic rings. The van der Waals surface area contributed by atoms with E-state index in [2.05, 4.69) is 16.0 Å². The van der Waals surface area contributed by atoms with E-state index in [1.807, 2.05) is 34.2 Å². The Bertz CT molecular complexity index is 1010. The van der Waals surface area contributed by atoms with Crippen molar-refractivity contribution in [1.29, 1.82) is 0 Å². The number of rotatable bonds is 6. The van der Waals surface area contributed by atoms with Crippen LogP contribution >= 0.6 is 11.3 Å². The summed E-state index contributed by atoms with van der Waals surface area (Å²) in [7, 11) is 0. The van der Waals surface area contributed by atoms with Crippen molar-refractivity contribution >= 4 is 28.7 Å². The molecule has 0 saturated heterocycles. The molecule has 0 fully saturated rings. The number of nitrogens with zero attached hydrogens (tertiary/aromatic N) is 3. The Kier molecular flexibility index (Phi) is 4.37. The minimum atomic E-state index is 0.518. The first-order valence-corrected chi connectivity index (χ1v) is 8.69. The van der Waals surface area contributed by atoms with Crippen molar-refractivity contribution in [3.8, 4) is 5.69 Å². The predicted octanol–water partition coefficient (Wildman–Crippen LogP) is 4.01. The molecule has 2 aromatic heterocycles. The zero-order valence-electron chi connectivity index (χ0n) is 13.3. The van der Waals surface area contributed by atoms with Gasteiger partial charge in [-0.3, -0.25) is 9.36 Å². The normalized spacial score (nSPS) is 11.0. The highest BCUT2D eigenvalue weighted by Crippen LogP contribution is 2.20. The molecule has 0 saturated carbocycles. The number of hydrogen-bond donors (Lipinski definition) is 0. The third-order valence-corrected chi connectivity index (χ3v) is 4.63. The van der Waals surface area contributed by atoms with Crippen LogP contribution in [-0.4, -0.2) is 20.8 Å². The first kappa shape index (κ1) is 15.7. The van der Waals surface area contributed by atoms with Crippen LogP contribution in [0.3, 0.4) is 0 Å². The van der Waals surface area contributed by atoms with Crippen molar-refractivity contribution in [2.75, 3.05) is 0 Å². The van der Waals surface area contributed by atoms with Crippen molar-refractivity contribution < 1.29 is 9.53 Å². The fourth-order valence-electron chi connectivity index (χ4n) is 2.69. The molecule has 4 aromatic rings. The number of fused-ring (bicyclic) bond motifs is 1. The second-order valence-corrected chi connectivity index (χ2v) is 6.55. The third-order valence-electron chi connectivity index (χ3n) is 3.87. The van der Waals surface area contributed by atoms with Gasteiger partial charge < -0.3 is 4.74 Å². The van der Waals surface area contributed by atoms with Crippen LogP contribution in [0.2, 0.25) is 0 Å². The Morgan fingerprint density at radius 3 is 2.92 bits per heavy atom. The monoisotopic (exact) mass is 349 g/mol. The van der Waals surface area contributed by atoms with E-state index in [0.29, 0.717) is 18.8 Å². The van der Waals surface area contributed by atoms with E-state index in [9.17, 15) is 4.79 Å². The highest BCUT2D eigenvalue weighted by atomic mass is 32.1.